The molecule has 1 N–H and O–H groups in total. The van der Waals surface area contributed by atoms with E-state index in [-0.39, 0.29) is 41.4 Å². The number of rotatable bonds is 10. The summed E-state index contributed by atoms with van der Waals surface area (Å²) in [6, 6.07) is 9.35. The van der Waals surface area contributed by atoms with E-state index in [1.165, 1.54) is 31.6 Å². The van der Waals surface area contributed by atoms with Gasteiger partial charge in [-0.2, -0.15) is 0 Å². The molecule has 3 aromatic rings. The molecule has 0 aliphatic heterocycles. The number of amides is 1. The van der Waals surface area contributed by atoms with E-state index >= 15 is 0 Å². The third-order valence-electron chi connectivity index (χ3n) is 5.13. The summed E-state index contributed by atoms with van der Waals surface area (Å²) in [6.45, 7) is 8.57. The fourth-order valence-corrected chi connectivity index (χ4v) is 4.73. The van der Waals surface area contributed by atoms with Gasteiger partial charge in [0, 0.05) is 11.8 Å². The van der Waals surface area contributed by atoms with Gasteiger partial charge in [-0.25, -0.2) is 23.2 Å². The fraction of sp³-hybridized carbons (Fsp3) is 0.385. The lowest BCUT2D eigenvalue weighted by Crippen LogP contribution is -2.39. The van der Waals surface area contributed by atoms with Crippen LogP contribution in [0.2, 0.25) is 0 Å². The van der Waals surface area contributed by atoms with Gasteiger partial charge in [-0.1, -0.05) is 13.8 Å². The summed E-state index contributed by atoms with van der Waals surface area (Å²) in [4.78, 5) is 25.6. The number of sulfonamides is 1. The molecule has 0 saturated carbocycles. The molecule has 0 aliphatic carbocycles. The van der Waals surface area contributed by atoms with Crippen molar-refractivity contribution in [3.63, 3.8) is 0 Å². The van der Waals surface area contributed by atoms with Crippen LogP contribution in [0, 0.1) is 12.8 Å². The first-order valence-corrected chi connectivity index (χ1v) is 13.3. The number of methoxy groups -OCH3 is 1. The molecule has 0 saturated heterocycles. The predicted octanol–water partition coefficient (Wildman–Crippen LogP) is 3.99. The Morgan fingerprint density at radius 3 is 2.42 bits per heavy atom. The second kappa shape index (κ2) is 11.7. The van der Waals surface area contributed by atoms with Crippen molar-refractivity contribution in [3.8, 4) is 22.9 Å². The van der Waals surface area contributed by atoms with Crippen molar-refractivity contribution in [3.05, 3.63) is 54.5 Å². The van der Waals surface area contributed by atoms with Crippen LogP contribution < -0.4 is 13.8 Å². The van der Waals surface area contributed by atoms with Gasteiger partial charge in [0.25, 0.3) is 15.9 Å². The molecule has 0 aliphatic rings. The number of aryl methyl sites for hydroxylation is 1. The van der Waals surface area contributed by atoms with Crippen molar-refractivity contribution in [2.75, 3.05) is 24.6 Å². The number of nitrogens with zero attached hydrogens (tertiary/aromatic N) is 4. The molecule has 0 fully saturated rings. The molecule has 11 nitrogen and oxygen atoms in total. The quantitative estimate of drug-likeness (QED) is 0.398. The van der Waals surface area contributed by atoms with Gasteiger partial charge in [-0.05, 0) is 63.1 Å². The summed E-state index contributed by atoms with van der Waals surface area (Å²) in [6.07, 6.45) is 1.62. The Kier molecular flexibility index (Phi) is 8.89. The molecule has 38 heavy (non-hydrogen) atoms. The van der Waals surface area contributed by atoms with Gasteiger partial charge in [0.15, 0.2) is 0 Å². The zero-order chi connectivity index (χ0) is 28.1. The van der Waals surface area contributed by atoms with E-state index in [0.717, 1.165) is 0 Å². The number of pyridine rings is 1. The SMILES string of the molecule is COc1nc(C)cnc1N(C(=O)OCC(C)C)S(=O)(=O)c1cccnc1-c1ccc(OC(C)(C)CO)cc1. The summed E-state index contributed by atoms with van der Waals surface area (Å²) >= 11 is 0. The van der Waals surface area contributed by atoms with Gasteiger partial charge in [0.1, 0.15) is 16.2 Å². The van der Waals surface area contributed by atoms with E-state index in [0.29, 0.717) is 21.3 Å². The highest BCUT2D eigenvalue weighted by Crippen LogP contribution is 2.34. The number of ether oxygens (including phenoxy) is 3. The predicted molar refractivity (Wildman–Crippen MR) is 141 cm³/mol. The molecule has 2 aromatic heterocycles. The highest BCUT2D eigenvalue weighted by atomic mass is 32.2. The van der Waals surface area contributed by atoms with Crippen LogP contribution in [0.25, 0.3) is 11.3 Å². The first-order valence-electron chi connectivity index (χ1n) is 11.8. The Bertz CT molecular complexity index is 1380. The van der Waals surface area contributed by atoms with Crippen molar-refractivity contribution in [1.82, 2.24) is 15.0 Å². The second-order valence-corrected chi connectivity index (χ2v) is 11.2. The highest BCUT2D eigenvalue weighted by Gasteiger charge is 2.38. The number of aliphatic hydroxyl groups excluding tert-OH is 1. The minimum atomic E-state index is -4.62. The molecular weight excluding hydrogens is 512 g/mol. The van der Waals surface area contributed by atoms with Crippen LogP contribution in [0.4, 0.5) is 10.6 Å². The summed E-state index contributed by atoms with van der Waals surface area (Å²) in [5.41, 5.74) is 0.218. The van der Waals surface area contributed by atoms with Gasteiger partial charge >= 0.3 is 6.09 Å². The van der Waals surface area contributed by atoms with E-state index < -0.39 is 21.7 Å². The Balaban J connectivity index is 2.12. The van der Waals surface area contributed by atoms with Crippen molar-refractivity contribution in [1.29, 1.82) is 0 Å². The van der Waals surface area contributed by atoms with Crippen LogP contribution in [0.3, 0.4) is 0 Å². The maximum Gasteiger partial charge on any atom is 0.430 e. The lowest BCUT2D eigenvalue weighted by atomic mass is 10.1. The smallest absolute Gasteiger partial charge is 0.430 e. The number of carbonyl (C=O) groups is 1. The van der Waals surface area contributed by atoms with Crippen LogP contribution in [-0.2, 0) is 14.8 Å². The Labute approximate surface area is 222 Å². The van der Waals surface area contributed by atoms with Crippen molar-refractivity contribution < 1.29 is 32.5 Å². The van der Waals surface area contributed by atoms with E-state index in [4.69, 9.17) is 14.2 Å². The number of aliphatic hydroxyl groups is 1. The third kappa shape index (κ3) is 6.56. The van der Waals surface area contributed by atoms with Crippen LogP contribution in [0.5, 0.6) is 11.6 Å². The maximum atomic E-state index is 14.1. The van der Waals surface area contributed by atoms with Crippen LogP contribution in [-0.4, -0.2) is 60.5 Å². The summed E-state index contributed by atoms with van der Waals surface area (Å²) in [5.74, 6) is -0.0585. The number of hydrogen-bond donors (Lipinski definition) is 1. The van der Waals surface area contributed by atoms with E-state index in [1.807, 2.05) is 13.8 Å². The third-order valence-corrected chi connectivity index (χ3v) is 6.81. The Morgan fingerprint density at radius 1 is 1.13 bits per heavy atom. The number of carbonyl (C=O) groups excluding carboxylic acids is 1. The summed E-state index contributed by atoms with van der Waals surface area (Å²) < 4.78 is 44.9. The summed E-state index contributed by atoms with van der Waals surface area (Å²) in [7, 11) is -3.32. The number of benzene rings is 1. The van der Waals surface area contributed by atoms with E-state index in [1.54, 1.807) is 45.0 Å². The van der Waals surface area contributed by atoms with Crippen molar-refractivity contribution >= 4 is 21.9 Å². The first-order chi connectivity index (χ1) is 17.9. The van der Waals surface area contributed by atoms with Crippen LogP contribution in [0.1, 0.15) is 33.4 Å². The normalized spacial score (nSPS) is 11.8. The van der Waals surface area contributed by atoms with Gasteiger partial charge in [0.2, 0.25) is 5.82 Å². The van der Waals surface area contributed by atoms with Gasteiger partial charge in [0.05, 0.1) is 37.9 Å². The first kappa shape index (κ1) is 28.8. The van der Waals surface area contributed by atoms with Gasteiger partial charge < -0.3 is 19.3 Å². The molecule has 204 valence electrons. The Hall–Kier alpha value is -3.77. The standard InChI is InChI=1S/C26H32N4O7S/c1-17(2)15-36-25(32)30(23-24(35-6)29-18(3)14-28-23)38(33,34)21-8-7-13-27-22(21)19-9-11-20(12-10-19)37-26(4,5)16-31/h7-14,17,31H,15-16H2,1-6H3. The molecule has 0 atom stereocenters. The highest BCUT2D eigenvalue weighted by molar-refractivity contribution is 7.93. The second-order valence-electron chi connectivity index (χ2n) is 9.48. The monoisotopic (exact) mass is 544 g/mol. The lowest BCUT2D eigenvalue weighted by Gasteiger charge is -2.24. The number of anilines is 1. The van der Waals surface area contributed by atoms with E-state index in [2.05, 4.69) is 15.0 Å². The van der Waals surface area contributed by atoms with E-state index in [9.17, 15) is 18.3 Å². The topological polar surface area (TPSA) is 141 Å². The average molecular weight is 545 g/mol. The zero-order valence-electron chi connectivity index (χ0n) is 22.2. The van der Waals surface area contributed by atoms with Crippen LogP contribution in [0.15, 0.2) is 53.7 Å². The Morgan fingerprint density at radius 2 is 1.82 bits per heavy atom. The summed E-state index contributed by atoms with van der Waals surface area (Å²) in [5, 5.41) is 9.46. The van der Waals surface area contributed by atoms with Crippen molar-refractivity contribution in [2.45, 2.75) is 45.1 Å². The molecule has 12 heteroatoms. The maximum absolute atomic E-state index is 14.1. The molecule has 1 aromatic carbocycles. The average Bonchev–Trinajstić information content (AvgIpc) is 2.88. The molecule has 3 rings (SSSR count). The fourth-order valence-electron chi connectivity index (χ4n) is 3.27. The zero-order valence-corrected chi connectivity index (χ0v) is 23.0. The molecule has 0 bridgehead atoms. The number of aromatic nitrogens is 3. The van der Waals surface area contributed by atoms with Crippen molar-refractivity contribution in [2.24, 2.45) is 5.92 Å². The van der Waals surface area contributed by atoms with Gasteiger partial charge in [-0.15, -0.1) is 4.31 Å². The molecule has 0 unspecified atom stereocenters. The molecular formula is C26H32N4O7S. The number of hydrogen-bond acceptors (Lipinski definition) is 10. The van der Waals surface area contributed by atoms with Crippen LogP contribution >= 0.6 is 0 Å². The minimum absolute atomic E-state index is 0.0159. The lowest BCUT2D eigenvalue weighted by molar-refractivity contribution is 0.0413. The molecule has 0 radical (unpaired) electrons. The molecule has 0 spiro atoms. The van der Waals surface area contributed by atoms with Gasteiger partial charge in [-0.3, -0.25) is 4.98 Å². The largest absolute Gasteiger partial charge is 0.485 e. The minimum Gasteiger partial charge on any atom is -0.485 e. The molecule has 1 amide bonds. The molecule has 2 heterocycles.